The van der Waals surface area contributed by atoms with Crippen molar-refractivity contribution in [1.29, 1.82) is 0 Å². The van der Waals surface area contributed by atoms with E-state index in [9.17, 15) is 13.0 Å². The molecule has 6 aromatic rings. The second-order valence-electron chi connectivity index (χ2n) is 9.13. The zero-order valence-electron chi connectivity index (χ0n) is 21.0. The summed E-state index contributed by atoms with van der Waals surface area (Å²) in [4.78, 5) is 0.702. The number of hydrogen-bond acceptors (Lipinski definition) is 3. The number of rotatable bonds is 6. The topological polar surface area (TPSA) is 63.6 Å². The van der Waals surface area contributed by atoms with Gasteiger partial charge in [0.25, 0.3) is 0 Å². The Labute approximate surface area is 231 Å². The summed E-state index contributed by atoms with van der Waals surface area (Å²) in [6, 6.07) is 39.6. The molecule has 0 amide bonds. The summed E-state index contributed by atoms with van der Waals surface area (Å²) in [6.45, 7) is 0. The van der Waals surface area contributed by atoms with Gasteiger partial charge in [0.05, 0.1) is 16.9 Å². The summed E-state index contributed by atoms with van der Waals surface area (Å²) < 4.78 is 41.4. The van der Waals surface area contributed by atoms with E-state index in [1.165, 1.54) is 7.11 Å². The van der Waals surface area contributed by atoms with E-state index in [4.69, 9.17) is 4.18 Å². The van der Waals surface area contributed by atoms with Gasteiger partial charge in [0.15, 0.2) is 22.2 Å². The van der Waals surface area contributed by atoms with Crippen LogP contribution in [0, 0.1) is 0 Å². The first kappa shape index (κ1) is 25.3. The SMILES string of the molecule is COS(=O)c1ccc2cc(-c3ccccc3)ccc2c1-c1c(S(=O)O)ccc2cc(-c3ccccc3)ccc12. The Bertz CT molecular complexity index is 1880. The highest BCUT2D eigenvalue weighted by atomic mass is 32.2. The summed E-state index contributed by atoms with van der Waals surface area (Å²) in [7, 11) is 1.39. The van der Waals surface area contributed by atoms with E-state index in [1.807, 2.05) is 84.9 Å². The molecule has 6 heteroatoms. The van der Waals surface area contributed by atoms with E-state index >= 15 is 0 Å². The van der Waals surface area contributed by atoms with Crippen molar-refractivity contribution in [2.24, 2.45) is 0 Å². The van der Waals surface area contributed by atoms with Crippen LogP contribution in [0.4, 0.5) is 0 Å². The predicted octanol–water partition coefficient (Wildman–Crippen LogP) is 8.24. The predicted molar refractivity (Wildman–Crippen MR) is 160 cm³/mol. The van der Waals surface area contributed by atoms with Gasteiger partial charge in [-0.1, -0.05) is 97.1 Å². The van der Waals surface area contributed by atoms with Crippen LogP contribution in [-0.2, 0) is 26.3 Å². The Morgan fingerprint density at radius 2 is 1.00 bits per heavy atom. The van der Waals surface area contributed by atoms with Gasteiger partial charge in [0, 0.05) is 11.1 Å². The third kappa shape index (κ3) is 4.73. The normalized spacial score (nSPS) is 13.0. The molecule has 6 aromatic carbocycles. The largest absolute Gasteiger partial charge is 0.302 e. The molecule has 192 valence electrons. The molecule has 0 spiro atoms. The van der Waals surface area contributed by atoms with E-state index in [2.05, 4.69) is 24.3 Å². The zero-order valence-corrected chi connectivity index (χ0v) is 22.7. The maximum Gasteiger partial charge on any atom is 0.189 e. The van der Waals surface area contributed by atoms with E-state index in [1.54, 1.807) is 12.1 Å². The van der Waals surface area contributed by atoms with Gasteiger partial charge in [-0.15, -0.1) is 0 Å². The van der Waals surface area contributed by atoms with Crippen LogP contribution >= 0.6 is 0 Å². The lowest BCUT2D eigenvalue weighted by Crippen LogP contribution is -2.01. The Morgan fingerprint density at radius 1 is 0.538 bits per heavy atom. The molecule has 0 saturated carbocycles. The quantitative estimate of drug-likeness (QED) is 0.213. The van der Waals surface area contributed by atoms with Crippen LogP contribution in [0.2, 0.25) is 0 Å². The maximum absolute atomic E-state index is 13.1. The van der Waals surface area contributed by atoms with Crippen LogP contribution in [0.3, 0.4) is 0 Å². The molecule has 0 aliphatic heterocycles. The Balaban J connectivity index is 1.67. The molecular weight excluding hydrogens is 524 g/mol. The fourth-order valence-corrected chi connectivity index (χ4v) is 6.44. The van der Waals surface area contributed by atoms with Crippen molar-refractivity contribution in [1.82, 2.24) is 0 Å². The molecule has 2 unspecified atom stereocenters. The minimum absolute atomic E-state index is 0.254. The molecule has 1 N–H and O–H groups in total. The standard InChI is InChI=1S/C33H24O4S2/c1-37-39(36)31-19-15-27-21-25(23-10-6-3-7-11-23)13-17-29(27)33(31)32-28-16-12-24(22-8-4-2-5-9-22)20-26(28)14-18-30(32)38(34)35/h2-21H,1H3,(H,34,35). The third-order valence-electron chi connectivity index (χ3n) is 6.95. The van der Waals surface area contributed by atoms with Gasteiger partial charge in [-0.25, -0.2) is 8.42 Å². The van der Waals surface area contributed by atoms with Gasteiger partial charge in [-0.2, -0.15) is 0 Å². The molecule has 39 heavy (non-hydrogen) atoms. The molecule has 0 saturated heterocycles. The first-order valence-electron chi connectivity index (χ1n) is 12.4. The van der Waals surface area contributed by atoms with E-state index in [0.717, 1.165) is 43.8 Å². The molecule has 0 bridgehead atoms. The summed E-state index contributed by atoms with van der Waals surface area (Å²) in [5.74, 6) is 0. The third-order valence-corrected chi connectivity index (χ3v) is 8.66. The number of hydrogen-bond donors (Lipinski definition) is 1. The van der Waals surface area contributed by atoms with Gasteiger partial charge < -0.3 is 4.55 Å². The minimum Gasteiger partial charge on any atom is -0.302 e. The Kier molecular flexibility index (Phi) is 6.94. The van der Waals surface area contributed by atoms with Crippen LogP contribution in [0.25, 0.3) is 54.9 Å². The van der Waals surface area contributed by atoms with Crippen molar-refractivity contribution in [3.63, 3.8) is 0 Å². The fourth-order valence-electron chi connectivity index (χ4n) is 5.13. The molecule has 4 nitrogen and oxygen atoms in total. The molecule has 0 aromatic heterocycles. The number of benzene rings is 6. The molecule has 0 aliphatic rings. The maximum atomic E-state index is 13.1. The minimum atomic E-state index is -2.28. The van der Waals surface area contributed by atoms with Gasteiger partial charge in [0.1, 0.15) is 0 Å². The van der Waals surface area contributed by atoms with Crippen molar-refractivity contribution in [2.75, 3.05) is 7.11 Å². The average Bonchev–Trinajstić information content (AvgIpc) is 2.99. The Hall–Kier alpha value is -3.94. The smallest absolute Gasteiger partial charge is 0.189 e. The van der Waals surface area contributed by atoms with Gasteiger partial charge in [-0.3, -0.25) is 4.18 Å². The van der Waals surface area contributed by atoms with E-state index in [0.29, 0.717) is 16.0 Å². The van der Waals surface area contributed by atoms with Crippen LogP contribution < -0.4 is 0 Å². The lowest BCUT2D eigenvalue weighted by atomic mass is 9.91. The summed E-state index contributed by atoms with van der Waals surface area (Å²) in [5, 5.41) is 3.45. The molecule has 6 rings (SSSR count). The molecule has 0 heterocycles. The summed E-state index contributed by atoms with van der Waals surface area (Å²) >= 11 is -4.06. The highest BCUT2D eigenvalue weighted by Gasteiger charge is 2.23. The number of fused-ring (bicyclic) bond motifs is 2. The monoisotopic (exact) mass is 548 g/mol. The second-order valence-corrected chi connectivity index (χ2v) is 11.3. The summed E-state index contributed by atoms with van der Waals surface area (Å²) in [5.41, 5.74) is 5.45. The Morgan fingerprint density at radius 3 is 1.46 bits per heavy atom. The van der Waals surface area contributed by atoms with Gasteiger partial charge in [-0.05, 0) is 68.1 Å². The van der Waals surface area contributed by atoms with Crippen molar-refractivity contribution in [2.45, 2.75) is 9.79 Å². The van der Waals surface area contributed by atoms with Gasteiger partial charge >= 0.3 is 0 Å². The lowest BCUT2D eigenvalue weighted by molar-refractivity contribution is 0.446. The van der Waals surface area contributed by atoms with Crippen LogP contribution in [0.15, 0.2) is 131 Å². The van der Waals surface area contributed by atoms with Crippen LogP contribution in [-0.4, -0.2) is 20.1 Å². The molecular formula is C33H24O4S2. The van der Waals surface area contributed by atoms with Crippen molar-refractivity contribution >= 4 is 43.7 Å². The van der Waals surface area contributed by atoms with E-state index in [-0.39, 0.29) is 4.90 Å². The average molecular weight is 549 g/mol. The first-order chi connectivity index (χ1) is 19.0. The van der Waals surface area contributed by atoms with Crippen molar-refractivity contribution in [3.8, 4) is 33.4 Å². The van der Waals surface area contributed by atoms with Crippen LogP contribution in [0.5, 0.6) is 0 Å². The molecule has 0 radical (unpaired) electrons. The second kappa shape index (κ2) is 10.7. The molecule has 0 fully saturated rings. The highest BCUT2D eigenvalue weighted by Crippen LogP contribution is 2.43. The highest BCUT2D eigenvalue weighted by molar-refractivity contribution is 7.80. The van der Waals surface area contributed by atoms with Crippen LogP contribution in [0.1, 0.15) is 0 Å². The summed E-state index contributed by atoms with van der Waals surface area (Å²) in [6.07, 6.45) is 0. The first-order valence-corrected chi connectivity index (χ1v) is 14.5. The lowest BCUT2D eigenvalue weighted by Gasteiger charge is -2.18. The zero-order chi connectivity index (χ0) is 26.9. The van der Waals surface area contributed by atoms with Gasteiger partial charge in [0.2, 0.25) is 0 Å². The molecule has 2 atom stereocenters. The van der Waals surface area contributed by atoms with E-state index < -0.39 is 22.2 Å². The van der Waals surface area contributed by atoms with Crippen molar-refractivity contribution in [3.05, 3.63) is 121 Å². The molecule has 0 aliphatic carbocycles. The van der Waals surface area contributed by atoms with Crippen molar-refractivity contribution < 1.29 is 17.2 Å². The fraction of sp³-hybridized carbons (Fsp3) is 0.0303.